The maximum atomic E-state index is 12.9. The van der Waals surface area contributed by atoms with E-state index in [0.717, 1.165) is 49.8 Å². The molecule has 0 aliphatic carbocycles. The molecular weight excluding hydrogens is 366 g/mol. The second-order valence-electron chi connectivity index (χ2n) is 6.87. The first-order valence-corrected chi connectivity index (χ1v) is 9.96. The standard InChI is InChI=1S/C23H29N3O3/c1-28-22-11-9-21(10-12-22)24-23(27)26(15-14-25-16-18-29-19-17-25)13-5-8-20-6-3-2-4-7-20/h2-12H,13-19H2,1H3,(H,24,27)/b8-5+. The summed E-state index contributed by atoms with van der Waals surface area (Å²) < 4.78 is 10.6. The zero-order valence-electron chi connectivity index (χ0n) is 16.9. The molecular formula is C23H29N3O3. The summed E-state index contributed by atoms with van der Waals surface area (Å²) in [5.74, 6) is 0.762. The Hall–Kier alpha value is -2.83. The molecule has 0 atom stereocenters. The Morgan fingerprint density at radius 1 is 1.14 bits per heavy atom. The first-order valence-electron chi connectivity index (χ1n) is 9.96. The van der Waals surface area contributed by atoms with Crippen molar-refractivity contribution in [2.75, 3.05) is 58.4 Å². The fraction of sp³-hybridized carbons (Fsp3) is 0.348. The number of amides is 2. The molecule has 1 aliphatic heterocycles. The van der Waals surface area contributed by atoms with Gasteiger partial charge in [-0.25, -0.2) is 4.79 Å². The molecule has 0 unspecified atom stereocenters. The van der Waals surface area contributed by atoms with Crippen molar-refractivity contribution < 1.29 is 14.3 Å². The number of ether oxygens (including phenoxy) is 2. The van der Waals surface area contributed by atoms with E-state index in [9.17, 15) is 4.79 Å². The van der Waals surface area contributed by atoms with E-state index >= 15 is 0 Å². The summed E-state index contributed by atoms with van der Waals surface area (Å²) in [4.78, 5) is 17.1. The van der Waals surface area contributed by atoms with Gasteiger partial charge in [0.2, 0.25) is 0 Å². The van der Waals surface area contributed by atoms with Gasteiger partial charge in [-0.2, -0.15) is 0 Å². The van der Waals surface area contributed by atoms with Crippen molar-refractivity contribution in [1.29, 1.82) is 0 Å². The molecule has 0 saturated carbocycles. The van der Waals surface area contributed by atoms with E-state index in [4.69, 9.17) is 9.47 Å². The number of urea groups is 1. The average molecular weight is 396 g/mol. The van der Waals surface area contributed by atoms with E-state index in [1.54, 1.807) is 7.11 Å². The SMILES string of the molecule is COc1ccc(NC(=O)N(C/C=C/c2ccccc2)CCN2CCOCC2)cc1. The third-order valence-corrected chi connectivity index (χ3v) is 4.85. The Bertz CT molecular complexity index is 772. The summed E-state index contributed by atoms with van der Waals surface area (Å²) in [7, 11) is 1.63. The van der Waals surface area contributed by atoms with Crippen LogP contribution in [0.2, 0.25) is 0 Å². The van der Waals surface area contributed by atoms with Crippen LogP contribution >= 0.6 is 0 Å². The van der Waals surface area contributed by atoms with Gasteiger partial charge in [-0.15, -0.1) is 0 Å². The average Bonchev–Trinajstić information content (AvgIpc) is 2.78. The highest BCUT2D eigenvalue weighted by molar-refractivity contribution is 5.89. The summed E-state index contributed by atoms with van der Waals surface area (Å²) in [6, 6.07) is 17.4. The topological polar surface area (TPSA) is 54.0 Å². The second kappa shape index (κ2) is 11.2. The van der Waals surface area contributed by atoms with Gasteiger partial charge in [0.1, 0.15) is 5.75 Å². The maximum absolute atomic E-state index is 12.9. The fourth-order valence-corrected chi connectivity index (χ4v) is 3.12. The van der Waals surface area contributed by atoms with Gasteiger partial charge in [0.05, 0.1) is 20.3 Å². The number of hydrogen-bond acceptors (Lipinski definition) is 4. The largest absolute Gasteiger partial charge is 0.497 e. The number of nitrogens with zero attached hydrogens (tertiary/aromatic N) is 2. The summed E-state index contributed by atoms with van der Waals surface area (Å²) in [5.41, 5.74) is 1.87. The summed E-state index contributed by atoms with van der Waals surface area (Å²) in [6.45, 7) is 5.36. The van der Waals surface area contributed by atoms with Crippen LogP contribution < -0.4 is 10.1 Å². The summed E-state index contributed by atoms with van der Waals surface area (Å²) in [6.07, 6.45) is 4.07. The predicted octanol–water partition coefficient (Wildman–Crippen LogP) is 3.57. The first kappa shape index (κ1) is 20.9. The van der Waals surface area contributed by atoms with Gasteiger partial charge in [-0.3, -0.25) is 4.90 Å². The molecule has 6 nitrogen and oxygen atoms in total. The summed E-state index contributed by atoms with van der Waals surface area (Å²) in [5, 5.41) is 2.98. The zero-order valence-corrected chi connectivity index (χ0v) is 16.9. The van der Waals surface area contributed by atoms with E-state index in [2.05, 4.69) is 10.2 Å². The van der Waals surface area contributed by atoms with Crippen molar-refractivity contribution in [2.24, 2.45) is 0 Å². The third kappa shape index (κ3) is 6.93. The number of carbonyl (C=O) groups excluding carboxylic acids is 1. The van der Waals surface area contributed by atoms with Crippen molar-refractivity contribution in [3.63, 3.8) is 0 Å². The second-order valence-corrected chi connectivity index (χ2v) is 6.87. The third-order valence-electron chi connectivity index (χ3n) is 4.85. The van der Waals surface area contributed by atoms with Gasteiger partial charge in [0, 0.05) is 38.4 Å². The van der Waals surface area contributed by atoms with E-state index in [-0.39, 0.29) is 6.03 Å². The quantitative estimate of drug-likeness (QED) is 0.742. The highest BCUT2D eigenvalue weighted by Gasteiger charge is 2.16. The Morgan fingerprint density at radius 3 is 2.55 bits per heavy atom. The lowest BCUT2D eigenvalue weighted by molar-refractivity contribution is 0.0355. The van der Waals surface area contributed by atoms with Gasteiger partial charge < -0.3 is 19.7 Å². The van der Waals surface area contributed by atoms with Crippen LogP contribution in [0.5, 0.6) is 5.75 Å². The Morgan fingerprint density at radius 2 is 1.86 bits per heavy atom. The van der Waals surface area contributed by atoms with E-state index < -0.39 is 0 Å². The number of anilines is 1. The van der Waals surface area contributed by atoms with E-state index in [1.807, 2.05) is 71.6 Å². The minimum absolute atomic E-state index is 0.110. The molecule has 29 heavy (non-hydrogen) atoms. The van der Waals surface area contributed by atoms with Crippen molar-refractivity contribution >= 4 is 17.8 Å². The predicted molar refractivity (Wildman–Crippen MR) is 116 cm³/mol. The highest BCUT2D eigenvalue weighted by atomic mass is 16.5. The van der Waals surface area contributed by atoms with E-state index in [0.29, 0.717) is 13.1 Å². The molecule has 0 spiro atoms. The number of nitrogens with one attached hydrogen (secondary N) is 1. The van der Waals surface area contributed by atoms with Gasteiger partial charge in [-0.05, 0) is 29.8 Å². The zero-order chi connectivity index (χ0) is 20.3. The smallest absolute Gasteiger partial charge is 0.322 e. The number of methoxy groups -OCH3 is 1. The highest BCUT2D eigenvalue weighted by Crippen LogP contribution is 2.15. The Balaban J connectivity index is 1.61. The van der Waals surface area contributed by atoms with Crippen molar-refractivity contribution in [2.45, 2.75) is 0 Å². The van der Waals surface area contributed by atoms with Gasteiger partial charge in [0.25, 0.3) is 0 Å². The lowest BCUT2D eigenvalue weighted by Crippen LogP contribution is -2.44. The minimum Gasteiger partial charge on any atom is -0.497 e. The number of hydrogen-bond donors (Lipinski definition) is 1. The molecule has 2 amide bonds. The van der Waals surface area contributed by atoms with Crippen molar-refractivity contribution in [3.05, 3.63) is 66.2 Å². The molecule has 154 valence electrons. The molecule has 6 heteroatoms. The van der Waals surface area contributed by atoms with Crippen LogP contribution in [0.4, 0.5) is 10.5 Å². The van der Waals surface area contributed by atoms with Crippen LogP contribution in [0.1, 0.15) is 5.56 Å². The lowest BCUT2D eigenvalue weighted by atomic mass is 10.2. The van der Waals surface area contributed by atoms with Gasteiger partial charge in [-0.1, -0.05) is 42.5 Å². The molecule has 1 aliphatic rings. The minimum atomic E-state index is -0.110. The molecule has 1 saturated heterocycles. The van der Waals surface area contributed by atoms with Crippen LogP contribution in [0, 0.1) is 0 Å². The fourth-order valence-electron chi connectivity index (χ4n) is 3.12. The molecule has 0 radical (unpaired) electrons. The monoisotopic (exact) mass is 395 g/mol. The first-order chi connectivity index (χ1) is 14.2. The molecule has 1 fully saturated rings. The Kier molecular flexibility index (Phi) is 8.10. The van der Waals surface area contributed by atoms with Crippen molar-refractivity contribution in [1.82, 2.24) is 9.80 Å². The Labute approximate surface area is 172 Å². The number of carbonyl (C=O) groups is 1. The molecule has 0 bridgehead atoms. The van der Waals surface area contributed by atoms with Gasteiger partial charge >= 0.3 is 6.03 Å². The normalized spacial score (nSPS) is 14.7. The molecule has 1 N–H and O–H groups in total. The van der Waals surface area contributed by atoms with Gasteiger partial charge in [0.15, 0.2) is 0 Å². The molecule has 2 aromatic carbocycles. The van der Waals surface area contributed by atoms with E-state index in [1.165, 1.54) is 0 Å². The van der Waals surface area contributed by atoms with Crippen LogP contribution in [-0.4, -0.2) is 68.9 Å². The number of rotatable bonds is 8. The van der Waals surface area contributed by atoms with Crippen LogP contribution in [0.25, 0.3) is 6.08 Å². The van der Waals surface area contributed by atoms with Crippen LogP contribution in [-0.2, 0) is 4.74 Å². The van der Waals surface area contributed by atoms with Crippen molar-refractivity contribution in [3.8, 4) is 5.75 Å². The number of benzene rings is 2. The molecule has 1 heterocycles. The maximum Gasteiger partial charge on any atom is 0.322 e. The molecule has 2 aromatic rings. The molecule has 0 aromatic heterocycles. The summed E-state index contributed by atoms with van der Waals surface area (Å²) >= 11 is 0. The molecule has 3 rings (SSSR count). The lowest BCUT2D eigenvalue weighted by Gasteiger charge is -2.29. The van der Waals surface area contributed by atoms with Crippen LogP contribution in [0.15, 0.2) is 60.7 Å². The van der Waals surface area contributed by atoms with Crippen LogP contribution in [0.3, 0.4) is 0 Å². The number of morpholine rings is 1.